The number of quaternary nitrogens is 1. The molecule has 0 radical (unpaired) electrons. The van der Waals surface area contributed by atoms with Crippen molar-refractivity contribution in [2.75, 3.05) is 13.6 Å². The second kappa shape index (κ2) is 3.59. The van der Waals surface area contributed by atoms with Gasteiger partial charge in [0, 0.05) is 6.42 Å². The van der Waals surface area contributed by atoms with E-state index in [0.717, 1.165) is 23.4 Å². The molecule has 0 bridgehead atoms. The average molecular weight is 278 g/mol. The molecule has 3 aromatic heterocycles. The largest absolute Gasteiger partial charge is 0.333 e. The molecular formula is C11H12N5S2+. The van der Waals surface area contributed by atoms with Crippen LogP contribution in [0.4, 0.5) is 0 Å². The van der Waals surface area contributed by atoms with Crippen molar-refractivity contribution >= 4 is 39.4 Å². The molecule has 0 saturated carbocycles. The highest BCUT2D eigenvalue weighted by atomic mass is 32.1. The summed E-state index contributed by atoms with van der Waals surface area (Å²) in [6.07, 6.45) is 2.87. The van der Waals surface area contributed by atoms with E-state index in [-0.39, 0.29) is 0 Å². The Hall–Kier alpha value is -1.31. The molecule has 1 aliphatic heterocycles. The Morgan fingerprint density at radius 3 is 3.33 bits per heavy atom. The topological polar surface area (TPSA) is 50.4 Å². The molecule has 1 atom stereocenters. The molecule has 1 aliphatic rings. The van der Waals surface area contributed by atoms with Gasteiger partial charge in [-0.05, 0) is 17.8 Å². The Morgan fingerprint density at radius 1 is 1.56 bits per heavy atom. The first kappa shape index (κ1) is 10.6. The molecule has 0 fully saturated rings. The summed E-state index contributed by atoms with van der Waals surface area (Å²) < 4.78 is 2.47. The number of aromatic amines is 1. The third kappa shape index (κ3) is 1.32. The van der Waals surface area contributed by atoms with E-state index in [2.05, 4.69) is 22.2 Å². The summed E-state index contributed by atoms with van der Waals surface area (Å²) in [7, 11) is 2.24. The van der Waals surface area contributed by atoms with Crippen molar-refractivity contribution in [3.05, 3.63) is 21.5 Å². The van der Waals surface area contributed by atoms with Crippen LogP contribution in [0.5, 0.6) is 0 Å². The molecule has 0 aromatic carbocycles. The minimum Gasteiger partial charge on any atom is -0.333 e. The van der Waals surface area contributed by atoms with E-state index < -0.39 is 0 Å². The van der Waals surface area contributed by atoms with Crippen LogP contribution < -0.4 is 4.90 Å². The van der Waals surface area contributed by atoms with Gasteiger partial charge < -0.3 is 4.90 Å². The lowest BCUT2D eigenvalue weighted by molar-refractivity contribution is -0.895. The number of aromatic nitrogens is 4. The highest BCUT2D eigenvalue weighted by Gasteiger charge is 2.24. The zero-order chi connectivity index (χ0) is 12.3. The Balaban J connectivity index is 2.15. The van der Waals surface area contributed by atoms with E-state index in [4.69, 9.17) is 12.2 Å². The maximum atomic E-state index is 5.20. The van der Waals surface area contributed by atoms with Gasteiger partial charge >= 0.3 is 0 Å². The van der Waals surface area contributed by atoms with Crippen LogP contribution >= 0.6 is 23.6 Å². The number of nitrogens with zero attached hydrogens (tertiary/aromatic N) is 3. The summed E-state index contributed by atoms with van der Waals surface area (Å²) in [4.78, 5) is 8.60. The number of hydrogen-bond donors (Lipinski definition) is 2. The Kier molecular flexibility index (Phi) is 2.12. The smallest absolute Gasteiger partial charge is 0.200 e. The highest BCUT2D eigenvalue weighted by Crippen LogP contribution is 2.33. The van der Waals surface area contributed by atoms with Gasteiger partial charge in [0.2, 0.25) is 4.77 Å². The van der Waals surface area contributed by atoms with Gasteiger partial charge in [0.15, 0.2) is 5.65 Å². The molecule has 4 rings (SSSR count). The van der Waals surface area contributed by atoms with Gasteiger partial charge in [-0.1, -0.05) is 0 Å². The van der Waals surface area contributed by atoms with Gasteiger partial charge in [-0.25, -0.2) is 4.98 Å². The third-order valence-corrected chi connectivity index (χ3v) is 4.98. The predicted molar refractivity (Wildman–Crippen MR) is 72.7 cm³/mol. The van der Waals surface area contributed by atoms with Gasteiger partial charge in [0.05, 0.1) is 23.9 Å². The number of hydrogen-bond acceptors (Lipinski definition) is 4. The molecule has 5 nitrogen and oxygen atoms in total. The van der Waals surface area contributed by atoms with Crippen molar-refractivity contribution < 1.29 is 4.90 Å². The van der Waals surface area contributed by atoms with Gasteiger partial charge in [-0.15, -0.1) is 11.3 Å². The molecule has 0 saturated heterocycles. The summed E-state index contributed by atoms with van der Waals surface area (Å²) in [5, 5.41) is 8.39. The van der Waals surface area contributed by atoms with Crippen LogP contribution in [-0.2, 0) is 13.0 Å². The fourth-order valence-electron chi connectivity index (χ4n) is 2.63. The van der Waals surface area contributed by atoms with Crippen molar-refractivity contribution in [1.82, 2.24) is 19.6 Å². The standard InChI is InChI=1S/C11H11N5S2/c1-15-3-2-6-7(4-15)18-10-8(6)9-13-14-11(17)16(9)5-12-10/h5H,2-4H2,1H3,(H,14,17)/p+1. The maximum Gasteiger partial charge on any atom is 0.200 e. The second-order valence-corrected chi connectivity index (χ2v) is 6.26. The van der Waals surface area contributed by atoms with Crippen molar-refractivity contribution in [3.8, 4) is 0 Å². The van der Waals surface area contributed by atoms with Gasteiger partial charge in [0.1, 0.15) is 17.7 Å². The van der Waals surface area contributed by atoms with Crippen LogP contribution in [0, 0.1) is 4.77 Å². The number of nitrogens with one attached hydrogen (secondary N) is 2. The van der Waals surface area contributed by atoms with Crippen LogP contribution in [0.25, 0.3) is 15.9 Å². The zero-order valence-electron chi connectivity index (χ0n) is 9.86. The average Bonchev–Trinajstić information content (AvgIpc) is 2.89. The fourth-order valence-corrected chi connectivity index (χ4v) is 4.10. The minimum absolute atomic E-state index is 0.609. The van der Waals surface area contributed by atoms with E-state index in [1.54, 1.807) is 22.6 Å². The molecule has 3 aromatic rings. The number of fused-ring (bicyclic) bond motifs is 5. The molecular weight excluding hydrogens is 266 g/mol. The number of likely N-dealkylation sites (N-methyl/N-ethyl adjacent to an activating group) is 1. The highest BCUT2D eigenvalue weighted by molar-refractivity contribution is 7.71. The number of H-pyrrole nitrogens is 1. The molecule has 2 N–H and O–H groups in total. The molecule has 0 spiro atoms. The molecule has 18 heavy (non-hydrogen) atoms. The first-order valence-corrected chi connectivity index (χ1v) is 7.14. The van der Waals surface area contributed by atoms with E-state index in [1.807, 2.05) is 4.40 Å². The lowest BCUT2D eigenvalue weighted by atomic mass is 10.1. The summed E-state index contributed by atoms with van der Waals surface area (Å²) in [6.45, 7) is 2.26. The molecule has 0 amide bonds. The zero-order valence-corrected chi connectivity index (χ0v) is 11.5. The maximum absolute atomic E-state index is 5.20. The number of thiophene rings is 1. The van der Waals surface area contributed by atoms with Gasteiger partial charge in [0.25, 0.3) is 0 Å². The molecule has 0 aliphatic carbocycles. The van der Waals surface area contributed by atoms with Crippen LogP contribution in [-0.4, -0.2) is 33.2 Å². The molecule has 1 unspecified atom stereocenters. The van der Waals surface area contributed by atoms with Crippen LogP contribution in [0.1, 0.15) is 10.4 Å². The van der Waals surface area contributed by atoms with Crippen LogP contribution in [0.2, 0.25) is 0 Å². The lowest BCUT2D eigenvalue weighted by Gasteiger charge is -2.19. The van der Waals surface area contributed by atoms with Gasteiger partial charge in [-0.2, -0.15) is 5.10 Å². The van der Waals surface area contributed by atoms with Crippen molar-refractivity contribution in [1.29, 1.82) is 0 Å². The molecule has 7 heteroatoms. The van der Waals surface area contributed by atoms with E-state index in [0.29, 0.717) is 4.77 Å². The molecule has 4 heterocycles. The Bertz CT molecular complexity index is 812. The van der Waals surface area contributed by atoms with E-state index in [9.17, 15) is 0 Å². The summed E-state index contributed by atoms with van der Waals surface area (Å²) in [5.74, 6) is 0. The van der Waals surface area contributed by atoms with E-state index >= 15 is 0 Å². The number of rotatable bonds is 0. The quantitative estimate of drug-likeness (QED) is 0.591. The van der Waals surface area contributed by atoms with Crippen molar-refractivity contribution in [3.63, 3.8) is 0 Å². The van der Waals surface area contributed by atoms with E-state index in [1.165, 1.54) is 22.4 Å². The summed E-state index contributed by atoms with van der Waals surface area (Å²) >= 11 is 7.00. The van der Waals surface area contributed by atoms with Crippen molar-refractivity contribution in [2.45, 2.75) is 13.0 Å². The molecule has 92 valence electrons. The fraction of sp³-hybridized carbons (Fsp3) is 0.364. The SMILES string of the molecule is C[NH+]1CCc2c(sc3ncn4c(=S)[nH]nc4c23)C1. The lowest BCUT2D eigenvalue weighted by Crippen LogP contribution is -3.08. The second-order valence-electron chi connectivity index (χ2n) is 4.78. The Labute approximate surface area is 112 Å². The van der Waals surface area contributed by atoms with Crippen LogP contribution in [0.15, 0.2) is 6.33 Å². The third-order valence-electron chi connectivity index (χ3n) is 3.55. The summed E-state index contributed by atoms with van der Waals surface area (Å²) in [5.41, 5.74) is 2.34. The Morgan fingerprint density at radius 2 is 2.44 bits per heavy atom. The summed E-state index contributed by atoms with van der Waals surface area (Å²) in [6, 6.07) is 0. The first-order valence-electron chi connectivity index (χ1n) is 5.91. The van der Waals surface area contributed by atoms with Crippen LogP contribution in [0.3, 0.4) is 0 Å². The normalized spacial score (nSPS) is 19.5. The monoisotopic (exact) mass is 278 g/mol. The first-order chi connectivity index (χ1) is 8.74. The predicted octanol–water partition coefficient (Wildman–Crippen LogP) is 0.572. The van der Waals surface area contributed by atoms with Crippen molar-refractivity contribution in [2.24, 2.45) is 0 Å². The van der Waals surface area contributed by atoms with Gasteiger partial charge in [-0.3, -0.25) is 9.50 Å². The minimum atomic E-state index is 0.609.